The first-order chi connectivity index (χ1) is 9.62. The third-order valence-electron chi connectivity index (χ3n) is 4.06. The maximum atomic E-state index is 13.7. The number of hydrogen-bond acceptors (Lipinski definition) is 2. The fourth-order valence-electron chi connectivity index (χ4n) is 3.04. The highest BCUT2D eigenvalue weighted by atomic mass is 19.3. The SMILES string of the molecule is N#Cc1c[nH]cc1-c1cccc2c1C1CC1C(F)(F)O2. The summed E-state index contributed by atoms with van der Waals surface area (Å²) in [6.07, 6.45) is 0.686. The molecular formula is C15H10F2N2O. The fraction of sp³-hybridized carbons (Fsp3) is 0.267. The standard InChI is InChI=1S/C15H10F2N2O/c16-15(17)12-4-10(12)14-9(2-1-3-13(14)20-15)11-7-19-6-8(11)5-18/h1-3,6-7,10,12,19H,4H2. The Morgan fingerprint density at radius 2 is 2.15 bits per heavy atom. The Labute approximate surface area is 113 Å². The molecule has 1 N–H and O–H groups in total. The molecule has 0 bridgehead atoms. The van der Waals surface area contributed by atoms with E-state index in [0.717, 1.165) is 16.7 Å². The van der Waals surface area contributed by atoms with Crippen molar-refractivity contribution < 1.29 is 13.5 Å². The summed E-state index contributed by atoms with van der Waals surface area (Å²) in [4.78, 5) is 2.89. The Morgan fingerprint density at radius 1 is 1.30 bits per heavy atom. The third-order valence-corrected chi connectivity index (χ3v) is 4.06. The Kier molecular flexibility index (Phi) is 2.07. The molecule has 2 aromatic rings. The van der Waals surface area contributed by atoms with Crippen LogP contribution in [0.25, 0.3) is 11.1 Å². The summed E-state index contributed by atoms with van der Waals surface area (Å²) in [5.41, 5.74) is 2.86. The second kappa shape index (κ2) is 3.60. The van der Waals surface area contributed by atoms with E-state index < -0.39 is 12.0 Å². The number of H-pyrrole nitrogens is 1. The largest absolute Gasteiger partial charge is 0.432 e. The van der Waals surface area contributed by atoms with Crippen molar-refractivity contribution in [3.8, 4) is 22.9 Å². The van der Waals surface area contributed by atoms with Crippen LogP contribution in [-0.4, -0.2) is 11.1 Å². The maximum absolute atomic E-state index is 13.7. The average molecular weight is 272 g/mol. The molecule has 1 aliphatic heterocycles. The molecule has 1 aliphatic carbocycles. The number of alkyl halides is 2. The van der Waals surface area contributed by atoms with Gasteiger partial charge in [0.25, 0.3) is 0 Å². The Morgan fingerprint density at radius 3 is 2.95 bits per heavy atom. The lowest BCUT2D eigenvalue weighted by Gasteiger charge is -2.26. The first-order valence-electron chi connectivity index (χ1n) is 6.39. The maximum Gasteiger partial charge on any atom is 0.401 e. The van der Waals surface area contributed by atoms with Gasteiger partial charge in [-0.25, -0.2) is 0 Å². The molecule has 2 heterocycles. The Bertz CT molecular complexity index is 745. The average Bonchev–Trinajstić information content (AvgIpc) is 3.10. The van der Waals surface area contributed by atoms with Gasteiger partial charge < -0.3 is 9.72 Å². The normalized spacial score (nSPS) is 25.1. The van der Waals surface area contributed by atoms with Crippen LogP contribution in [0.3, 0.4) is 0 Å². The van der Waals surface area contributed by atoms with Crippen molar-refractivity contribution in [2.75, 3.05) is 0 Å². The van der Waals surface area contributed by atoms with E-state index in [1.165, 1.54) is 0 Å². The minimum absolute atomic E-state index is 0.175. The van der Waals surface area contributed by atoms with Gasteiger partial charge >= 0.3 is 6.11 Å². The minimum Gasteiger partial charge on any atom is -0.432 e. The van der Waals surface area contributed by atoms with E-state index in [1.54, 1.807) is 24.5 Å². The quantitative estimate of drug-likeness (QED) is 0.861. The molecule has 1 fully saturated rings. The van der Waals surface area contributed by atoms with Crippen LogP contribution in [0.1, 0.15) is 23.5 Å². The lowest BCUT2D eigenvalue weighted by atomic mass is 9.93. The number of hydrogen-bond donors (Lipinski definition) is 1. The highest BCUT2D eigenvalue weighted by Gasteiger charge is 2.62. The summed E-state index contributed by atoms with van der Waals surface area (Å²) >= 11 is 0. The number of aromatic nitrogens is 1. The van der Waals surface area contributed by atoms with Gasteiger partial charge in [0.15, 0.2) is 0 Å². The summed E-state index contributed by atoms with van der Waals surface area (Å²) in [5.74, 6) is -0.677. The van der Waals surface area contributed by atoms with E-state index >= 15 is 0 Å². The zero-order valence-electron chi connectivity index (χ0n) is 10.4. The van der Waals surface area contributed by atoms with Crippen LogP contribution in [-0.2, 0) is 0 Å². The summed E-state index contributed by atoms with van der Waals surface area (Å²) < 4.78 is 32.2. The molecule has 3 nitrogen and oxygen atoms in total. The molecule has 1 saturated carbocycles. The van der Waals surface area contributed by atoms with Crippen molar-refractivity contribution in [2.45, 2.75) is 18.4 Å². The van der Waals surface area contributed by atoms with Gasteiger partial charge in [0.2, 0.25) is 0 Å². The van der Waals surface area contributed by atoms with Crippen molar-refractivity contribution in [3.05, 3.63) is 41.7 Å². The van der Waals surface area contributed by atoms with Crippen molar-refractivity contribution in [2.24, 2.45) is 5.92 Å². The Hall–Kier alpha value is -2.35. The molecule has 2 aliphatic rings. The number of aromatic amines is 1. The smallest absolute Gasteiger partial charge is 0.401 e. The van der Waals surface area contributed by atoms with Crippen LogP contribution in [0, 0.1) is 17.2 Å². The van der Waals surface area contributed by atoms with E-state index in [2.05, 4.69) is 11.1 Å². The van der Waals surface area contributed by atoms with Gasteiger partial charge in [-0.3, -0.25) is 0 Å². The predicted molar refractivity (Wildman–Crippen MR) is 67.4 cm³/mol. The van der Waals surface area contributed by atoms with Gasteiger partial charge in [-0.1, -0.05) is 12.1 Å². The van der Waals surface area contributed by atoms with Crippen molar-refractivity contribution in [3.63, 3.8) is 0 Å². The number of nitriles is 1. The topological polar surface area (TPSA) is 48.8 Å². The highest BCUT2D eigenvalue weighted by molar-refractivity contribution is 5.76. The molecule has 2 unspecified atom stereocenters. The molecule has 100 valence electrons. The zero-order chi connectivity index (χ0) is 13.9. The van der Waals surface area contributed by atoms with Crippen LogP contribution in [0.2, 0.25) is 0 Å². The monoisotopic (exact) mass is 272 g/mol. The van der Waals surface area contributed by atoms with Gasteiger partial charge in [-0.05, 0) is 18.1 Å². The van der Waals surface area contributed by atoms with Crippen LogP contribution in [0.4, 0.5) is 8.78 Å². The molecule has 1 aromatic carbocycles. The number of ether oxygens (including phenoxy) is 1. The van der Waals surface area contributed by atoms with E-state index in [4.69, 9.17) is 10.00 Å². The zero-order valence-corrected chi connectivity index (χ0v) is 10.4. The molecule has 0 saturated heterocycles. The summed E-state index contributed by atoms with van der Waals surface area (Å²) in [7, 11) is 0. The second-order valence-corrected chi connectivity index (χ2v) is 5.22. The molecule has 0 amide bonds. The summed E-state index contributed by atoms with van der Waals surface area (Å²) in [6, 6.07) is 7.21. The van der Waals surface area contributed by atoms with Crippen LogP contribution >= 0.6 is 0 Å². The van der Waals surface area contributed by atoms with Gasteiger partial charge in [0.1, 0.15) is 11.8 Å². The van der Waals surface area contributed by atoms with Crippen LogP contribution in [0.15, 0.2) is 30.6 Å². The second-order valence-electron chi connectivity index (χ2n) is 5.22. The number of nitrogens with one attached hydrogen (secondary N) is 1. The number of benzene rings is 1. The number of nitrogens with zero attached hydrogens (tertiary/aromatic N) is 1. The molecule has 2 atom stereocenters. The highest BCUT2D eigenvalue weighted by Crippen LogP contribution is 2.63. The number of halogens is 2. The lowest BCUT2D eigenvalue weighted by molar-refractivity contribution is -0.198. The van der Waals surface area contributed by atoms with Gasteiger partial charge in [-0.15, -0.1) is 0 Å². The van der Waals surface area contributed by atoms with E-state index in [1.807, 2.05) is 6.07 Å². The predicted octanol–water partition coefficient (Wildman–Crippen LogP) is 3.64. The van der Waals surface area contributed by atoms with Crippen molar-refractivity contribution >= 4 is 0 Å². The fourth-order valence-corrected chi connectivity index (χ4v) is 3.04. The van der Waals surface area contributed by atoms with Crippen LogP contribution in [0.5, 0.6) is 5.75 Å². The molecule has 1 aromatic heterocycles. The van der Waals surface area contributed by atoms with E-state index in [0.29, 0.717) is 12.0 Å². The van der Waals surface area contributed by atoms with Crippen molar-refractivity contribution in [1.29, 1.82) is 5.26 Å². The molecule has 0 radical (unpaired) electrons. The van der Waals surface area contributed by atoms with Gasteiger partial charge in [0, 0.05) is 29.4 Å². The van der Waals surface area contributed by atoms with E-state index in [9.17, 15) is 8.78 Å². The van der Waals surface area contributed by atoms with E-state index in [-0.39, 0.29) is 11.7 Å². The summed E-state index contributed by atoms with van der Waals surface area (Å²) in [5, 5.41) is 9.11. The molecule has 20 heavy (non-hydrogen) atoms. The molecule has 0 spiro atoms. The molecular weight excluding hydrogens is 262 g/mol. The van der Waals surface area contributed by atoms with Gasteiger partial charge in [0.05, 0.1) is 11.5 Å². The number of rotatable bonds is 1. The van der Waals surface area contributed by atoms with Crippen molar-refractivity contribution in [1.82, 2.24) is 4.98 Å². The van der Waals surface area contributed by atoms with Crippen LogP contribution < -0.4 is 4.74 Å². The first kappa shape index (κ1) is 11.5. The lowest BCUT2D eigenvalue weighted by Crippen LogP contribution is -2.31. The third kappa shape index (κ3) is 1.42. The molecule has 4 rings (SSSR count). The number of fused-ring (bicyclic) bond motifs is 3. The minimum atomic E-state index is -3.08. The first-order valence-corrected chi connectivity index (χ1v) is 6.39. The molecule has 5 heteroatoms. The Balaban J connectivity index is 1.91. The van der Waals surface area contributed by atoms with Gasteiger partial charge in [-0.2, -0.15) is 14.0 Å². The summed E-state index contributed by atoms with van der Waals surface area (Å²) in [6.45, 7) is 0.